The maximum Gasteiger partial charge on any atom is 0.308 e. The van der Waals surface area contributed by atoms with Crippen LogP contribution in [0.1, 0.15) is 31.2 Å². The molecule has 2 rings (SSSR count). The molecule has 0 N–H and O–H groups in total. The van der Waals surface area contributed by atoms with Crippen molar-refractivity contribution in [1.82, 2.24) is 0 Å². The zero-order chi connectivity index (χ0) is 15.4. The van der Waals surface area contributed by atoms with Gasteiger partial charge in [-0.05, 0) is 43.6 Å². The van der Waals surface area contributed by atoms with Crippen molar-refractivity contribution in [2.75, 3.05) is 7.11 Å². The van der Waals surface area contributed by atoms with Gasteiger partial charge in [0.2, 0.25) is 5.82 Å². The maximum atomic E-state index is 14.0. The van der Waals surface area contributed by atoms with Crippen molar-refractivity contribution < 1.29 is 18.8 Å². The number of hydrogen-bond acceptors (Lipinski definition) is 4. The van der Waals surface area contributed by atoms with E-state index in [-0.39, 0.29) is 17.8 Å². The topological polar surface area (TPSA) is 69.4 Å². The molecule has 1 aliphatic rings. The Labute approximate surface area is 122 Å². The molecular weight excluding hydrogens is 277 g/mol. The standard InChI is InChI=1S/C15H18FNO4/c1-21-15(18)11-7-5-10(6-8-11)9-12-3-2-4-13(14(12)16)17(19)20/h2-4,10-11H,5-9H2,1H3. The molecule has 1 saturated carbocycles. The van der Waals surface area contributed by atoms with E-state index in [4.69, 9.17) is 4.74 Å². The van der Waals surface area contributed by atoms with Gasteiger partial charge in [-0.3, -0.25) is 14.9 Å². The lowest BCUT2D eigenvalue weighted by molar-refractivity contribution is -0.387. The van der Waals surface area contributed by atoms with Crippen molar-refractivity contribution in [2.45, 2.75) is 32.1 Å². The van der Waals surface area contributed by atoms with E-state index < -0.39 is 16.4 Å². The highest BCUT2D eigenvalue weighted by Crippen LogP contribution is 2.33. The first-order valence-electron chi connectivity index (χ1n) is 7.02. The molecule has 0 amide bonds. The van der Waals surface area contributed by atoms with E-state index >= 15 is 0 Å². The van der Waals surface area contributed by atoms with Gasteiger partial charge in [-0.2, -0.15) is 4.39 Å². The predicted molar refractivity (Wildman–Crippen MR) is 74.2 cm³/mol. The van der Waals surface area contributed by atoms with Gasteiger partial charge in [0.15, 0.2) is 0 Å². The van der Waals surface area contributed by atoms with Gasteiger partial charge < -0.3 is 4.74 Å². The van der Waals surface area contributed by atoms with Crippen LogP contribution in [0.2, 0.25) is 0 Å². The Morgan fingerprint density at radius 2 is 2.05 bits per heavy atom. The first kappa shape index (κ1) is 15.4. The minimum Gasteiger partial charge on any atom is -0.469 e. The predicted octanol–water partition coefficient (Wildman–Crippen LogP) is 3.26. The Hall–Kier alpha value is -1.98. The molecule has 0 aliphatic heterocycles. The summed E-state index contributed by atoms with van der Waals surface area (Å²) < 4.78 is 18.8. The van der Waals surface area contributed by atoms with E-state index in [1.807, 2.05) is 0 Å². The molecule has 0 heterocycles. The number of ether oxygens (including phenoxy) is 1. The molecule has 21 heavy (non-hydrogen) atoms. The normalized spacial score (nSPS) is 21.8. The number of halogens is 1. The number of nitro groups is 1. The van der Waals surface area contributed by atoms with E-state index in [1.165, 1.54) is 19.2 Å². The SMILES string of the molecule is COC(=O)C1CCC(Cc2cccc([N+](=O)[O-])c2F)CC1. The number of benzene rings is 1. The highest BCUT2D eigenvalue weighted by atomic mass is 19.1. The number of carbonyl (C=O) groups is 1. The fourth-order valence-corrected chi connectivity index (χ4v) is 2.94. The zero-order valence-corrected chi connectivity index (χ0v) is 11.9. The van der Waals surface area contributed by atoms with Crippen molar-refractivity contribution in [3.8, 4) is 0 Å². The fraction of sp³-hybridized carbons (Fsp3) is 0.533. The molecule has 6 heteroatoms. The quantitative estimate of drug-likeness (QED) is 0.485. The van der Waals surface area contributed by atoms with Crippen LogP contribution in [-0.2, 0) is 16.0 Å². The number of rotatable bonds is 4. The second kappa shape index (κ2) is 6.65. The lowest BCUT2D eigenvalue weighted by atomic mass is 9.79. The van der Waals surface area contributed by atoms with E-state index in [0.29, 0.717) is 12.0 Å². The largest absolute Gasteiger partial charge is 0.469 e. The van der Waals surface area contributed by atoms with Crippen LogP contribution in [0.4, 0.5) is 10.1 Å². The Morgan fingerprint density at radius 3 is 2.62 bits per heavy atom. The minimum absolute atomic E-state index is 0.0683. The first-order chi connectivity index (χ1) is 10.0. The van der Waals surface area contributed by atoms with Crippen LogP contribution in [0.25, 0.3) is 0 Å². The molecule has 0 unspecified atom stereocenters. The second-order valence-electron chi connectivity index (χ2n) is 5.45. The third kappa shape index (κ3) is 3.56. The monoisotopic (exact) mass is 295 g/mol. The van der Waals surface area contributed by atoms with Gasteiger partial charge in [-0.15, -0.1) is 0 Å². The molecule has 1 aromatic carbocycles. The van der Waals surface area contributed by atoms with Gasteiger partial charge in [0.25, 0.3) is 0 Å². The Morgan fingerprint density at radius 1 is 1.38 bits per heavy atom. The van der Waals surface area contributed by atoms with E-state index in [2.05, 4.69) is 0 Å². The second-order valence-corrected chi connectivity index (χ2v) is 5.45. The molecule has 114 valence electrons. The highest BCUT2D eigenvalue weighted by Gasteiger charge is 2.28. The van der Waals surface area contributed by atoms with E-state index in [1.54, 1.807) is 6.07 Å². The van der Waals surface area contributed by atoms with Crippen molar-refractivity contribution in [3.63, 3.8) is 0 Å². The average molecular weight is 295 g/mol. The number of esters is 1. The minimum atomic E-state index is -0.738. The number of carbonyl (C=O) groups excluding carboxylic acids is 1. The number of hydrogen-bond donors (Lipinski definition) is 0. The lowest BCUT2D eigenvalue weighted by Crippen LogP contribution is -2.23. The van der Waals surface area contributed by atoms with Crippen LogP contribution < -0.4 is 0 Å². The molecule has 0 radical (unpaired) electrons. The first-order valence-corrected chi connectivity index (χ1v) is 7.02. The summed E-state index contributed by atoms with van der Waals surface area (Å²) in [5.41, 5.74) is -0.0959. The summed E-state index contributed by atoms with van der Waals surface area (Å²) in [5, 5.41) is 10.7. The van der Waals surface area contributed by atoms with Crippen molar-refractivity contribution in [2.24, 2.45) is 11.8 Å². The summed E-state index contributed by atoms with van der Waals surface area (Å²) >= 11 is 0. The number of nitrogens with zero attached hydrogens (tertiary/aromatic N) is 1. The van der Waals surface area contributed by atoms with Gasteiger partial charge in [-0.1, -0.05) is 12.1 Å². The number of nitro benzene ring substituents is 1. The summed E-state index contributed by atoms with van der Waals surface area (Å²) in [6.07, 6.45) is 3.55. The van der Waals surface area contributed by atoms with Crippen molar-refractivity contribution in [3.05, 3.63) is 39.7 Å². The Kier molecular flexibility index (Phi) is 4.88. The summed E-state index contributed by atoms with van der Waals surface area (Å²) in [6, 6.07) is 4.28. The Bertz CT molecular complexity index is 538. The third-order valence-corrected chi connectivity index (χ3v) is 4.14. The van der Waals surface area contributed by atoms with Crippen LogP contribution in [-0.4, -0.2) is 18.0 Å². The van der Waals surface area contributed by atoms with Gasteiger partial charge in [-0.25, -0.2) is 0 Å². The molecule has 1 aromatic rings. The van der Waals surface area contributed by atoms with E-state index in [9.17, 15) is 19.3 Å². The lowest BCUT2D eigenvalue weighted by Gasteiger charge is -2.26. The van der Waals surface area contributed by atoms with Crippen molar-refractivity contribution >= 4 is 11.7 Å². The number of methoxy groups -OCH3 is 1. The van der Waals surface area contributed by atoms with E-state index in [0.717, 1.165) is 25.7 Å². The van der Waals surface area contributed by atoms with Crippen LogP contribution in [0.5, 0.6) is 0 Å². The molecule has 1 fully saturated rings. The molecule has 0 spiro atoms. The maximum absolute atomic E-state index is 14.0. The van der Waals surface area contributed by atoms with Crippen LogP contribution in [0, 0.1) is 27.8 Å². The zero-order valence-electron chi connectivity index (χ0n) is 11.9. The molecule has 0 saturated heterocycles. The third-order valence-electron chi connectivity index (χ3n) is 4.14. The fourth-order valence-electron chi connectivity index (χ4n) is 2.94. The molecule has 1 aliphatic carbocycles. The molecule has 0 aromatic heterocycles. The highest BCUT2D eigenvalue weighted by molar-refractivity contribution is 5.72. The molecule has 5 nitrogen and oxygen atoms in total. The summed E-state index contributed by atoms with van der Waals surface area (Å²) in [4.78, 5) is 21.5. The summed E-state index contributed by atoms with van der Waals surface area (Å²) in [6.45, 7) is 0. The van der Waals surface area contributed by atoms with Gasteiger partial charge in [0.05, 0.1) is 18.0 Å². The van der Waals surface area contributed by atoms with Crippen LogP contribution in [0.15, 0.2) is 18.2 Å². The summed E-state index contributed by atoms with van der Waals surface area (Å²) in [5.74, 6) is -0.740. The molecular formula is C15H18FNO4. The average Bonchev–Trinajstić information content (AvgIpc) is 2.49. The van der Waals surface area contributed by atoms with Crippen LogP contribution in [0.3, 0.4) is 0 Å². The molecule has 0 bridgehead atoms. The smallest absolute Gasteiger partial charge is 0.308 e. The van der Waals surface area contributed by atoms with Gasteiger partial charge >= 0.3 is 11.7 Å². The van der Waals surface area contributed by atoms with Crippen molar-refractivity contribution in [1.29, 1.82) is 0 Å². The van der Waals surface area contributed by atoms with Gasteiger partial charge in [0, 0.05) is 6.07 Å². The Balaban J connectivity index is 1.99. The van der Waals surface area contributed by atoms with Crippen LogP contribution >= 0.6 is 0 Å². The van der Waals surface area contributed by atoms with Gasteiger partial charge in [0.1, 0.15) is 0 Å². The molecule has 0 atom stereocenters. The summed E-state index contributed by atoms with van der Waals surface area (Å²) in [7, 11) is 1.38.